The average Bonchev–Trinajstić information content (AvgIpc) is 2.67. The fourth-order valence-electron chi connectivity index (χ4n) is 1.80. The van der Waals surface area contributed by atoms with Gasteiger partial charge < -0.3 is 15.5 Å². The number of hydrogen-bond acceptors (Lipinski definition) is 3. The predicted molar refractivity (Wildman–Crippen MR) is 53.8 cm³/mol. The van der Waals surface area contributed by atoms with Gasteiger partial charge in [-0.15, -0.1) is 0 Å². The molecule has 14 heavy (non-hydrogen) atoms. The van der Waals surface area contributed by atoms with Crippen molar-refractivity contribution in [1.29, 1.82) is 0 Å². The summed E-state index contributed by atoms with van der Waals surface area (Å²) in [4.78, 5) is 7.46. The minimum absolute atomic E-state index is 0.348. The Labute approximate surface area is 83.9 Å². The van der Waals surface area contributed by atoms with Crippen LogP contribution < -0.4 is 5.73 Å². The van der Waals surface area contributed by atoms with Gasteiger partial charge in [-0.25, -0.2) is 4.98 Å². The molecule has 0 amide bonds. The van der Waals surface area contributed by atoms with E-state index in [1.165, 1.54) is 12.8 Å². The lowest BCUT2D eigenvalue weighted by atomic mass is 10.1. The number of imidazole rings is 1. The molecule has 1 aromatic rings. The zero-order valence-corrected chi connectivity index (χ0v) is 8.33. The highest BCUT2D eigenvalue weighted by Crippen LogP contribution is 2.15. The molecular weight excluding hydrogens is 178 g/mol. The number of nitrogens with one attached hydrogen (secondary N) is 1. The van der Waals surface area contributed by atoms with E-state index in [9.17, 15) is 0 Å². The van der Waals surface area contributed by atoms with E-state index in [-0.39, 0.29) is 0 Å². The molecule has 0 bridgehead atoms. The predicted octanol–water partition coefficient (Wildman–Crippen LogP) is 0.980. The molecule has 2 heterocycles. The first kappa shape index (κ1) is 9.68. The van der Waals surface area contributed by atoms with Gasteiger partial charge in [0, 0.05) is 31.5 Å². The topological polar surface area (TPSA) is 63.9 Å². The van der Waals surface area contributed by atoms with Crippen molar-refractivity contribution < 1.29 is 4.74 Å². The molecule has 1 saturated heterocycles. The van der Waals surface area contributed by atoms with Crippen LogP contribution in [0.2, 0.25) is 0 Å². The Morgan fingerprint density at radius 1 is 1.57 bits per heavy atom. The van der Waals surface area contributed by atoms with E-state index in [2.05, 4.69) is 9.97 Å². The van der Waals surface area contributed by atoms with Crippen LogP contribution in [-0.4, -0.2) is 22.7 Å². The number of rotatable bonds is 3. The molecule has 2 rings (SSSR count). The van der Waals surface area contributed by atoms with Crippen molar-refractivity contribution in [3.05, 3.63) is 17.7 Å². The molecule has 1 fully saturated rings. The van der Waals surface area contributed by atoms with Crippen molar-refractivity contribution in [1.82, 2.24) is 9.97 Å². The van der Waals surface area contributed by atoms with Crippen molar-refractivity contribution in [2.75, 3.05) is 6.61 Å². The Bertz CT molecular complexity index is 279. The van der Waals surface area contributed by atoms with Crippen LogP contribution >= 0.6 is 0 Å². The van der Waals surface area contributed by atoms with E-state index in [1.807, 2.05) is 0 Å². The smallest absolute Gasteiger partial charge is 0.108 e. The Hall–Kier alpha value is -0.870. The second kappa shape index (κ2) is 4.57. The summed E-state index contributed by atoms with van der Waals surface area (Å²) in [5, 5.41) is 0. The standard InChI is InChI=1S/C10H17N3O/c11-6-8-7-12-10(13-8)5-9-3-1-2-4-14-9/h7,9H,1-6,11H2,(H,12,13). The largest absolute Gasteiger partial charge is 0.378 e. The summed E-state index contributed by atoms with van der Waals surface area (Å²) >= 11 is 0. The Kier molecular flexibility index (Phi) is 3.16. The number of ether oxygens (including phenoxy) is 1. The summed E-state index contributed by atoms with van der Waals surface area (Å²) in [6.45, 7) is 1.42. The third kappa shape index (κ3) is 2.33. The van der Waals surface area contributed by atoms with Crippen LogP contribution in [0.1, 0.15) is 30.8 Å². The zero-order chi connectivity index (χ0) is 9.80. The van der Waals surface area contributed by atoms with Gasteiger partial charge in [-0.3, -0.25) is 0 Å². The van der Waals surface area contributed by atoms with Gasteiger partial charge in [0.05, 0.1) is 6.10 Å². The Morgan fingerprint density at radius 2 is 2.50 bits per heavy atom. The molecule has 1 atom stereocenters. The van der Waals surface area contributed by atoms with E-state index >= 15 is 0 Å². The van der Waals surface area contributed by atoms with Crippen LogP contribution in [0.25, 0.3) is 0 Å². The van der Waals surface area contributed by atoms with E-state index in [0.717, 1.165) is 31.0 Å². The first-order chi connectivity index (χ1) is 6.88. The van der Waals surface area contributed by atoms with E-state index in [4.69, 9.17) is 10.5 Å². The number of aromatic nitrogens is 2. The lowest BCUT2D eigenvalue weighted by Gasteiger charge is -2.21. The van der Waals surface area contributed by atoms with Gasteiger partial charge in [-0.1, -0.05) is 0 Å². The number of nitrogens with zero attached hydrogens (tertiary/aromatic N) is 1. The van der Waals surface area contributed by atoms with Crippen LogP contribution in [0, 0.1) is 0 Å². The third-order valence-electron chi connectivity index (χ3n) is 2.60. The normalized spacial score (nSPS) is 22.5. The Balaban J connectivity index is 1.89. The molecular formula is C10H17N3O. The van der Waals surface area contributed by atoms with Crippen molar-refractivity contribution in [3.8, 4) is 0 Å². The highest BCUT2D eigenvalue weighted by molar-refractivity contribution is 5.01. The second-order valence-corrected chi connectivity index (χ2v) is 3.75. The van der Waals surface area contributed by atoms with Crippen molar-refractivity contribution in [2.24, 2.45) is 5.73 Å². The molecule has 0 aromatic carbocycles. The van der Waals surface area contributed by atoms with Gasteiger partial charge >= 0.3 is 0 Å². The minimum atomic E-state index is 0.348. The third-order valence-corrected chi connectivity index (χ3v) is 2.60. The SMILES string of the molecule is NCc1cnc(CC2CCCCO2)[nH]1. The molecule has 0 spiro atoms. The first-order valence-corrected chi connectivity index (χ1v) is 5.23. The van der Waals surface area contributed by atoms with Gasteiger partial charge in [0.25, 0.3) is 0 Å². The second-order valence-electron chi connectivity index (χ2n) is 3.75. The first-order valence-electron chi connectivity index (χ1n) is 5.23. The molecule has 78 valence electrons. The average molecular weight is 195 g/mol. The fourth-order valence-corrected chi connectivity index (χ4v) is 1.80. The van der Waals surface area contributed by atoms with Crippen LogP contribution in [0.15, 0.2) is 6.20 Å². The van der Waals surface area contributed by atoms with Crippen molar-refractivity contribution in [2.45, 2.75) is 38.3 Å². The number of aromatic amines is 1. The van der Waals surface area contributed by atoms with Crippen LogP contribution in [0.3, 0.4) is 0 Å². The van der Waals surface area contributed by atoms with Crippen molar-refractivity contribution in [3.63, 3.8) is 0 Å². The molecule has 0 radical (unpaired) electrons. The van der Waals surface area contributed by atoms with E-state index in [0.29, 0.717) is 12.6 Å². The summed E-state index contributed by atoms with van der Waals surface area (Å²) in [5.74, 6) is 0.998. The molecule has 4 nitrogen and oxygen atoms in total. The number of hydrogen-bond donors (Lipinski definition) is 2. The van der Waals surface area contributed by atoms with Gasteiger partial charge in [-0.2, -0.15) is 0 Å². The van der Waals surface area contributed by atoms with E-state index < -0.39 is 0 Å². The summed E-state index contributed by atoms with van der Waals surface area (Å²) < 4.78 is 5.63. The van der Waals surface area contributed by atoms with Gasteiger partial charge in [0.15, 0.2) is 0 Å². The maximum absolute atomic E-state index is 5.63. The molecule has 0 saturated carbocycles. The molecule has 0 aliphatic carbocycles. The summed E-state index contributed by atoms with van der Waals surface area (Å²) in [5.41, 5.74) is 6.49. The van der Waals surface area contributed by atoms with E-state index in [1.54, 1.807) is 6.20 Å². The molecule has 1 aliphatic heterocycles. The monoisotopic (exact) mass is 195 g/mol. The molecule has 1 aliphatic rings. The van der Waals surface area contributed by atoms with Crippen LogP contribution in [0.5, 0.6) is 0 Å². The fraction of sp³-hybridized carbons (Fsp3) is 0.700. The lowest BCUT2D eigenvalue weighted by molar-refractivity contribution is 0.0157. The van der Waals surface area contributed by atoms with Crippen LogP contribution in [0.4, 0.5) is 0 Å². The van der Waals surface area contributed by atoms with Gasteiger partial charge in [0.1, 0.15) is 5.82 Å². The lowest BCUT2D eigenvalue weighted by Crippen LogP contribution is -2.21. The molecule has 1 aromatic heterocycles. The molecule has 4 heteroatoms. The van der Waals surface area contributed by atoms with Crippen LogP contribution in [-0.2, 0) is 17.7 Å². The van der Waals surface area contributed by atoms with Gasteiger partial charge in [0.2, 0.25) is 0 Å². The minimum Gasteiger partial charge on any atom is -0.378 e. The maximum Gasteiger partial charge on any atom is 0.108 e. The zero-order valence-electron chi connectivity index (χ0n) is 8.33. The highest BCUT2D eigenvalue weighted by Gasteiger charge is 2.15. The van der Waals surface area contributed by atoms with Crippen molar-refractivity contribution >= 4 is 0 Å². The number of H-pyrrole nitrogens is 1. The molecule has 3 N–H and O–H groups in total. The number of nitrogens with two attached hydrogens (primary N) is 1. The molecule has 1 unspecified atom stereocenters. The summed E-state index contributed by atoms with van der Waals surface area (Å²) in [6.07, 6.45) is 6.66. The Morgan fingerprint density at radius 3 is 3.14 bits per heavy atom. The van der Waals surface area contributed by atoms with Gasteiger partial charge in [-0.05, 0) is 19.3 Å². The summed E-state index contributed by atoms with van der Waals surface area (Å²) in [6, 6.07) is 0. The maximum atomic E-state index is 5.63. The quantitative estimate of drug-likeness (QED) is 0.755. The highest BCUT2D eigenvalue weighted by atomic mass is 16.5. The summed E-state index contributed by atoms with van der Waals surface area (Å²) in [7, 11) is 0.